The van der Waals surface area contributed by atoms with Gasteiger partial charge in [0.2, 0.25) is 0 Å². The Morgan fingerprint density at radius 2 is 1.78 bits per heavy atom. The summed E-state index contributed by atoms with van der Waals surface area (Å²) in [6.45, 7) is 3.75. The van der Waals surface area contributed by atoms with Crippen LogP contribution in [0.25, 0.3) is 11.1 Å². The summed E-state index contributed by atoms with van der Waals surface area (Å²) >= 11 is 1.28. The lowest BCUT2D eigenvalue weighted by Gasteiger charge is -2.11. The standard InChI is InChI=1S/C22H21FN2OS/c1-3-16-8-7-11-19(13-16)27-25-24-22(26)20-14-18(12-15(2)21(20)23)17-9-5-4-6-10-17/h4-14,25H,3H2,1-2H3,(H,24,26). The van der Waals surface area contributed by atoms with Gasteiger partial charge in [-0.05, 0) is 71.8 Å². The molecule has 2 N–H and O–H groups in total. The first-order valence-electron chi connectivity index (χ1n) is 8.75. The lowest BCUT2D eigenvalue weighted by molar-refractivity contribution is 0.0943. The maximum atomic E-state index is 14.5. The van der Waals surface area contributed by atoms with Crippen molar-refractivity contribution < 1.29 is 9.18 Å². The van der Waals surface area contributed by atoms with Crippen molar-refractivity contribution in [1.29, 1.82) is 0 Å². The van der Waals surface area contributed by atoms with Gasteiger partial charge in [-0.2, -0.15) is 4.83 Å². The molecule has 0 atom stereocenters. The number of carbonyl (C=O) groups is 1. The number of hydrogen-bond donors (Lipinski definition) is 2. The number of nitrogens with one attached hydrogen (secondary N) is 2. The summed E-state index contributed by atoms with van der Waals surface area (Å²) in [5, 5.41) is 0. The smallest absolute Gasteiger partial charge is 0.269 e. The Morgan fingerprint density at radius 3 is 2.52 bits per heavy atom. The van der Waals surface area contributed by atoms with Gasteiger partial charge in [-0.3, -0.25) is 10.2 Å². The molecule has 27 heavy (non-hydrogen) atoms. The van der Waals surface area contributed by atoms with E-state index < -0.39 is 11.7 Å². The topological polar surface area (TPSA) is 41.1 Å². The van der Waals surface area contributed by atoms with E-state index in [1.807, 2.05) is 48.5 Å². The first kappa shape index (κ1) is 19.1. The number of benzene rings is 3. The van der Waals surface area contributed by atoms with Gasteiger partial charge in [0.25, 0.3) is 5.91 Å². The second-order valence-electron chi connectivity index (χ2n) is 6.18. The molecule has 0 aliphatic heterocycles. The van der Waals surface area contributed by atoms with Crippen molar-refractivity contribution in [3.05, 3.63) is 89.2 Å². The summed E-state index contributed by atoms with van der Waals surface area (Å²) in [5.41, 5.74) is 5.98. The monoisotopic (exact) mass is 380 g/mol. The van der Waals surface area contributed by atoms with Crippen molar-refractivity contribution in [3.8, 4) is 11.1 Å². The van der Waals surface area contributed by atoms with Crippen molar-refractivity contribution in [2.45, 2.75) is 25.2 Å². The summed E-state index contributed by atoms with van der Waals surface area (Å²) in [5.74, 6) is -1.01. The normalized spacial score (nSPS) is 10.6. The number of amides is 1. The van der Waals surface area contributed by atoms with Gasteiger partial charge in [0.15, 0.2) is 0 Å². The van der Waals surface area contributed by atoms with E-state index in [2.05, 4.69) is 23.2 Å². The van der Waals surface area contributed by atoms with Crippen molar-refractivity contribution in [2.75, 3.05) is 0 Å². The molecule has 5 heteroatoms. The molecule has 0 spiro atoms. The molecule has 0 heterocycles. The Labute approximate surface area is 163 Å². The molecule has 0 fully saturated rings. The Hall–Kier alpha value is -2.63. The summed E-state index contributed by atoms with van der Waals surface area (Å²) in [6, 6.07) is 21.0. The van der Waals surface area contributed by atoms with E-state index in [-0.39, 0.29) is 5.56 Å². The minimum Gasteiger partial charge on any atom is -0.277 e. The highest BCUT2D eigenvalue weighted by atomic mass is 32.2. The summed E-state index contributed by atoms with van der Waals surface area (Å²) in [4.78, 5) is 16.3. The van der Waals surface area contributed by atoms with Gasteiger partial charge in [0.05, 0.1) is 5.56 Å². The maximum Gasteiger partial charge on any atom is 0.269 e. The van der Waals surface area contributed by atoms with Crippen LogP contribution in [-0.2, 0) is 6.42 Å². The van der Waals surface area contributed by atoms with E-state index >= 15 is 0 Å². The molecule has 0 radical (unpaired) electrons. The van der Waals surface area contributed by atoms with Crippen LogP contribution in [0.2, 0.25) is 0 Å². The average Bonchev–Trinajstić information content (AvgIpc) is 2.70. The fourth-order valence-corrected chi connectivity index (χ4v) is 3.38. The summed E-state index contributed by atoms with van der Waals surface area (Å²) in [6.07, 6.45) is 0.942. The first-order chi connectivity index (χ1) is 13.1. The van der Waals surface area contributed by atoms with Gasteiger partial charge in [-0.15, -0.1) is 0 Å². The Balaban J connectivity index is 1.73. The number of hydrogen-bond acceptors (Lipinski definition) is 3. The van der Waals surface area contributed by atoms with E-state index in [0.717, 1.165) is 22.4 Å². The molecular weight excluding hydrogens is 359 g/mol. The predicted molar refractivity (Wildman–Crippen MR) is 109 cm³/mol. The zero-order valence-corrected chi connectivity index (χ0v) is 16.1. The molecule has 0 saturated carbocycles. The number of halogens is 1. The summed E-state index contributed by atoms with van der Waals surface area (Å²) in [7, 11) is 0. The van der Waals surface area contributed by atoms with Gasteiger partial charge in [-0.1, -0.05) is 49.4 Å². The molecule has 0 aromatic heterocycles. The third-order valence-electron chi connectivity index (χ3n) is 4.25. The maximum absolute atomic E-state index is 14.5. The lowest BCUT2D eigenvalue weighted by Crippen LogP contribution is -2.33. The Morgan fingerprint density at radius 1 is 1.00 bits per heavy atom. The second kappa shape index (κ2) is 8.84. The van der Waals surface area contributed by atoms with E-state index in [4.69, 9.17) is 0 Å². The fourth-order valence-electron chi connectivity index (χ4n) is 2.76. The van der Waals surface area contributed by atoms with Crippen LogP contribution < -0.4 is 10.3 Å². The van der Waals surface area contributed by atoms with Crippen molar-refractivity contribution in [2.24, 2.45) is 0 Å². The van der Waals surface area contributed by atoms with Crippen molar-refractivity contribution in [1.82, 2.24) is 10.3 Å². The molecule has 1 amide bonds. The molecule has 0 aliphatic carbocycles. The third-order valence-corrected chi connectivity index (χ3v) is 4.94. The van der Waals surface area contributed by atoms with E-state index in [0.29, 0.717) is 5.56 Å². The Bertz CT molecular complexity index is 944. The number of carbonyl (C=O) groups excluding carboxylic acids is 1. The van der Waals surface area contributed by atoms with Gasteiger partial charge in [-0.25, -0.2) is 4.39 Å². The molecule has 138 valence electrons. The van der Waals surface area contributed by atoms with E-state index in [9.17, 15) is 9.18 Å². The fraction of sp³-hybridized carbons (Fsp3) is 0.136. The highest BCUT2D eigenvalue weighted by Crippen LogP contribution is 2.25. The SMILES string of the molecule is CCc1cccc(SNNC(=O)c2cc(-c3ccccc3)cc(C)c2F)c1. The number of rotatable bonds is 6. The highest BCUT2D eigenvalue weighted by Gasteiger charge is 2.16. The van der Waals surface area contributed by atoms with E-state index in [1.54, 1.807) is 19.1 Å². The van der Waals surface area contributed by atoms with Crippen LogP contribution in [0.5, 0.6) is 0 Å². The van der Waals surface area contributed by atoms with Crippen LogP contribution in [0.15, 0.2) is 71.6 Å². The van der Waals surface area contributed by atoms with Crippen LogP contribution in [0, 0.1) is 12.7 Å². The largest absolute Gasteiger partial charge is 0.277 e. The van der Waals surface area contributed by atoms with Crippen LogP contribution in [0.4, 0.5) is 4.39 Å². The zero-order chi connectivity index (χ0) is 19.2. The average molecular weight is 380 g/mol. The van der Waals surface area contributed by atoms with Crippen LogP contribution >= 0.6 is 11.9 Å². The zero-order valence-electron chi connectivity index (χ0n) is 15.3. The van der Waals surface area contributed by atoms with Crippen molar-refractivity contribution in [3.63, 3.8) is 0 Å². The van der Waals surface area contributed by atoms with Gasteiger partial charge < -0.3 is 0 Å². The van der Waals surface area contributed by atoms with Crippen molar-refractivity contribution >= 4 is 17.9 Å². The molecule has 0 saturated heterocycles. The lowest BCUT2D eigenvalue weighted by atomic mass is 9.99. The molecule has 0 bridgehead atoms. The quantitative estimate of drug-likeness (QED) is 0.450. The van der Waals surface area contributed by atoms with Gasteiger partial charge in [0.1, 0.15) is 5.82 Å². The molecule has 3 aromatic carbocycles. The number of aryl methyl sites for hydroxylation is 2. The number of hydrazine groups is 1. The van der Waals surface area contributed by atoms with Gasteiger partial charge in [0, 0.05) is 4.90 Å². The van der Waals surface area contributed by atoms with Crippen LogP contribution in [-0.4, -0.2) is 5.91 Å². The molecule has 0 aliphatic rings. The molecular formula is C22H21FN2OS. The molecule has 3 rings (SSSR count). The highest BCUT2D eigenvalue weighted by molar-refractivity contribution is 7.97. The third kappa shape index (κ3) is 4.76. The predicted octanol–water partition coefficient (Wildman–Crippen LogP) is 5.31. The van der Waals surface area contributed by atoms with Crippen LogP contribution in [0.1, 0.15) is 28.4 Å². The molecule has 3 aromatic rings. The Kier molecular flexibility index (Phi) is 6.27. The van der Waals surface area contributed by atoms with E-state index in [1.165, 1.54) is 17.5 Å². The van der Waals surface area contributed by atoms with Crippen LogP contribution in [0.3, 0.4) is 0 Å². The van der Waals surface area contributed by atoms with Gasteiger partial charge >= 0.3 is 0 Å². The molecule has 0 unspecified atom stereocenters. The second-order valence-corrected chi connectivity index (χ2v) is 7.06. The first-order valence-corrected chi connectivity index (χ1v) is 9.57. The minimum absolute atomic E-state index is 0.0178. The summed E-state index contributed by atoms with van der Waals surface area (Å²) < 4.78 is 14.5. The minimum atomic E-state index is -0.507. The molecule has 3 nitrogen and oxygen atoms in total.